The van der Waals surface area contributed by atoms with E-state index >= 15 is 0 Å². The number of aliphatic imine (C=N–C) groups is 1. The highest BCUT2D eigenvalue weighted by Gasteiger charge is 2.21. The highest BCUT2D eigenvalue weighted by atomic mass is 35.5. The SMILES string of the molecule is Nc1cc2c(cc1OCCCN1CCOCC1)NC(=S)CN=C2c1ccccc1Cl. The van der Waals surface area contributed by atoms with Crippen molar-refractivity contribution in [2.75, 3.05) is 57.1 Å². The Kier molecular flexibility index (Phi) is 6.84. The summed E-state index contributed by atoms with van der Waals surface area (Å²) in [6, 6.07) is 11.4. The maximum absolute atomic E-state index is 6.43. The molecule has 0 aromatic heterocycles. The molecule has 2 aromatic rings. The molecule has 0 atom stereocenters. The van der Waals surface area contributed by atoms with E-state index < -0.39 is 0 Å². The van der Waals surface area contributed by atoms with Crippen LogP contribution in [0.3, 0.4) is 0 Å². The molecule has 0 aliphatic carbocycles. The number of ether oxygens (including phenoxy) is 2. The maximum Gasteiger partial charge on any atom is 0.144 e. The topological polar surface area (TPSA) is 72.1 Å². The maximum atomic E-state index is 6.43. The smallest absolute Gasteiger partial charge is 0.144 e. The highest BCUT2D eigenvalue weighted by Crippen LogP contribution is 2.34. The number of hydrogen-bond donors (Lipinski definition) is 2. The molecular formula is C22H25ClN4O2S. The third kappa shape index (κ3) is 4.92. The molecule has 4 rings (SSSR count). The van der Waals surface area contributed by atoms with E-state index in [0.717, 1.165) is 61.8 Å². The minimum Gasteiger partial charge on any atom is -0.491 e. The Balaban J connectivity index is 1.52. The Hall–Kier alpha value is -2.19. The van der Waals surface area contributed by atoms with Gasteiger partial charge in [-0.1, -0.05) is 42.0 Å². The number of rotatable bonds is 6. The van der Waals surface area contributed by atoms with Gasteiger partial charge in [-0.2, -0.15) is 0 Å². The number of anilines is 2. The Bertz CT molecular complexity index is 960. The summed E-state index contributed by atoms with van der Waals surface area (Å²) in [7, 11) is 0. The summed E-state index contributed by atoms with van der Waals surface area (Å²) < 4.78 is 11.4. The van der Waals surface area contributed by atoms with Gasteiger partial charge < -0.3 is 20.5 Å². The van der Waals surface area contributed by atoms with E-state index in [1.54, 1.807) is 0 Å². The normalized spacial score (nSPS) is 17.0. The van der Waals surface area contributed by atoms with Crippen LogP contribution in [0.15, 0.2) is 41.4 Å². The van der Waals surface area contributed by atoms with Crippen LogP contribution >= 0.6 is 23.8 Å². The lowest BCUT2D eigenvalue weighted by Crippen LogP contribution is -2.37. The standard InChI is InChI=1S/C22H25ClN4O2S/c23-17-5-2-1-4-15(17)22-16-12-18(24)20(13-19(16)26-21(30)14-25-22)29-9-3-6-27-7-10-28-11-8-27/h1-2,4-5,12-13H,3,6-11,14,24H2,(H,26,30). The van der Waals surface area contributed by atoms with Crippen LogP contribution in [0.4, 0.5) is 11.4 Å². The molecule has 0 amide bonds. The van der Waals surface area contributed by atoms with Crippen molar-refractivity contribution in [1.29, 1.82) is 0 Å². The van der Waals surface area contributed by atoms with Crippen LogP contribution in [0.25, 0.3) is 0 Å². The minimum absolute atomic E-state index is 0.389. The van der Waals surface area contributed by atoms with E-state index in [0.29, 0.717) is 34.6 Å². The summed E-state index contributed by atoms with van der Waals surface area (Å²) in [4.78, 5) is 7.72. The number of hydrogen-bond acceptors (Lipinski definition) is 6. The summed E-state index contributed by atoms with van der Waals surface area (Å²) >= 11 is 11.9. The lowest BCUT2D eigenvalue weighted by Gasteiger charge is -2.26. The Labute approximate surface area is 187 Å². The fourth-order valence-corrected chi connectivity index (χ4v) is 4.02. The van der Waals surface area contributed by atoms with E-state index in [1.807, 2.05) is 36.4 Å². The second-order valence-electron chi connectivity index (χ2n) is 7.28. The molecule has 2 aliphatic rings. The van der Waals surface area contributed by atoms with Crippen molar-refractivity contribution in [2.45, 2.75) is 6.42 Å². The van der Waals surface area contributed by atoms with Crippen molar-refractivity contribution in [3.8, 4) is 5.75 Å². The molecule has 8 heteroatoms. The molecule has 3 N–H and O–H groups in total. The largest absolute Gasteiger partial charge is 0.491 e. The van der Waals surface area contributed by atoms with Crippen LogP contribution < -0.4 is 15.8 Å². The Morgan fingerprint density at radius 1 is 1.20 bits per heavy atom. The molecule has 0 unspecified atom stereocenters. The molecule has 1 saturated heterocycles. The van der Waals surface area contributed by atoms with Gasteiger partial charge in [0.25, 0.3) is 0 Å². The number of benzodiazepines with no additional fused rings is 1. The zero-order valence-corrected chi connectivity index (χ0v) is 18.3. The molecule has 0 spiro atoms. The molecule has 30 heavy (non-hydrogen) atoms. The molecule has 2 aliphatic heterocycles. The van der Waals surface area contributed by atoms with Crippen LogP contribution in [0.5, 0.6) is 5.75 Å². The minimum atomic E-state index is 0.389. The van der Waals surface area contributed by atoms with Gasteiger partial charge in [0.1, 0.15) is 10.7 Å². The number of thiocarbonyl (C=S) groups is 1. The van der Waals surface area contributed by atoms with Crippen molar-refractivity contribution in [3.05, 3.63) is 52.5 Å². The molecule has 1 fully saturated rings. The fourth-order valence-electron chi connectivity index (χ4n) is 3.63. The van der Waals surface area contributed by atoms with Gasteiger partial charge in [-0.3, -0.25) is 9.89 Å². The van der Waals surface area contributed by atoms with E-state index in [1.165, 1.54) is 0 Å². The molecule has 2 heterocycles. The number of nitrogens with one attached hydrogen (secondary N) is 1. The average molecular weight is 445 g/mol. The summed E-state index contributed by atoms with van der Waals surface area (Å²) in [6.07, 6.45) is 0.925. The van der Waals surface area contributed by atoms with Crippen molar-refractivity contribution in [3.63, 3.8) is 0 Å². The average Bonchev–Trinajstić information content (AvgIpc) is 2.90. The Morgan fingerprint density at radius 3 is 2.80 bits per heavy atom. The molecule has 0 radical (unpaired) electrons. The molecule has 0 saturated carbocycles. The number of benzene rings is 2. The van der Waals surface area contributed by atoms with Crippen molar-refractivity contribution in [2.24, 2.45) is 4.99 Å². The van der Waals surface area contributed by atoms with Gasteiger partial charge >= 0.3 is 0 Å². The third-order valence-electron chi connectivity index (χ3n) is 5.17. The van der Waals surface area contributed by atoms with Gasteiger partial charge in [-0.15, -0.1) is 0 Å². The van der Waals surface area contributed by atoms with E-state index in [4.69, 9.17) is 44.0 Å². The first-order chi connectivity index (χ1) is 14.6. The van der Waals surface area contributed by atoms with Crippen molar-refractivity contribution >= 4 is 45.9 Å². The highest BCUT2D eigenvalue weighted by molar-refractivity contribution is 7.80. The predicted molar refractivity (Wildman–Crippen MR) is 126 cm³/mol. The van der Waals surface area contributed by atoms with Crippen LogP contribution in [-0.4, -0.2) is 61.6 Å². The first-order valence-electron chi connectivity index (χ1n) is 10.1. The zero-order valence-electron chi connectivity index (χ0n) is 16.7. The molecule has 2 aromatic carbocycles. The van der Waals surface area contributed by atoms with Crippen molar-refractivity contribution < 1.29 is 9.47 Å². The lowest BCUT2D eigenvalue weighted by molar-refractivity contribution is 0.0358. The summed E-state index contributed by atoms with van der Waals surface area (Å²) in [6.45, 7) is 5.54. The summed E-state index contributed by atoms with van der Waals surface area (Å²) in [5, 5.41) is 3.90. The summed E-state index contributed by atoms with van der Waals surface area (Å²) in [5.41, 5.74) is 10.2. The number of nitrogens with two attached hydrogens (primary N) is 1. The predicted octanol–water partition coefficient (Wildman–Crippen LogP) is 3.61. The number of fused-ring (bicyclic) bond motifs is 1. The van der Waals surface area contributed by atoms with Gasteiger partial charge in [0.2, 0.25) is 0 Å². The van der Waals surface area contributed by atoms with Crippen LogP contribution in [0.1, 0.15) is 17.5 Å². The van der Waals surface area contributed by atoms with Gasteiger partial charge in [0, 0.05) is 41.9 Å². The fraction of sp³-hybridized carbons (Fsp3) is 0.364. The first kappa shape index (κ1) is 21.1. The van der Waals surface area contributed by atoms with Crippen molar-refractivity contribution in [1.82, 2.24) is 4.90 Å². The number of nitrogens with zero attached hydrogens (tertiary/aromatic N) is 2. The second kappa shape index (κ2) is 9.75. The number of halogens is 1. The molecule has 6 nitrogen and oxygen atoms in total. The monoisotopic (exact) mass is 444 g/mol. The van der Waals surface area contributed by atoms with E-state index in [2.05, 4.69) is 10.2 Å². The number of morpholine rings is 1. The first-order valence-corrected chi connectivity index (χ1v) is 10.9. The number of nitrogen functional groups attached to an aromatic ring is 1. The molecule has 158 valence electrons. The van der Waals surface area contributed by atoms with E-state index in [-0.39, 0.29) is 0 Å². The van der Waals surface area contributed by atoms with Crippen LogP contribution in [0.2, 0.25) is 5.02 Å². The zero-order chi connectivity index (χ0) is 20.9. The summed E-state index contributed by atoms with van der Waals surface area (Å²) in [5.74, 6) is 0.645. The van der Waals surface area contributed by atoms with E-state index in [9.17, 15) is 0 Å². The van der Waals surface area contributed by atoms with Gasteiger partial charge in [-0.05, 0) is 18.6 Å². The third-order valence-corrected chi connectivity index (χ3v) is 5.73. The lowest BCUT2D eigenvalue weighted by atomic mass is 9.99. The quantitative estimate of drug-likeness (QED) is 0.403. The Morgan fingerprint density at radius 2 is 2.00 bits per heavy atom. The van der Waals surface area contributed by atoms with Crippen LogP contribution in [-0.2, 0) is 4.74 Å². The molecule has 0 bridgehead atoms. The molecular weight excluding hydrogens is 420 g/mol. The van der Waals surface area contributed by atoms with Gasteiger partial charge in [0.05, 0.1) is 43.5 Å². The van der Waals surface area contributed by atoms with Gasteiger partial charge in [-0.25, -0.2) is 0 Å². The van der Waals surface area contributed by atoms with Crippen LogP contribution in [0, 0.1) is 0 Å². The second-order valence-corrected chi connectivity index (χ2v) is 8.18. The van der Waals surface area contributed by atoms with Gasteiger partial charge in [0.15, 0.2) is 0 Å².